The van der Waals surface area contributed by atoms with Crippen LogP contribution in [0.3, 0.4) is 0 Å². The Balaban J connectivity index is 0.000000166. The number of β-amino-alcohol motifs (C(OH)–C–C–N with tert-alkyl or cyclic N) is 1. The lowest BCUT2D eigenvalue weighted by Crippen LogP contribution is -2.44. The average Bonchev–Trinajstić information content (AvgIpc) is 1.76. The van der Waals surface area contributed by atoms with Gasteiger partial charge in [0.25, 0.3) is 0 Å². The zero-order valence-corrected chi connectivity index (χ0v) is 78.3. The number of rotatable bonds is 20. The maximum Gasteiger partial charge on any atom is 0.411 e. The number of pyridine rings is 3. The van der Waals surface area contributed by atoms with E-state index in [0.29, 0.717) is 75.4 Å². The number of likely N-dealkylation sites (tertiary alicyclic amines) is 3. The lowest BCUT2D eigenvalue weighted by Gasteiger charge is -2.27. The van der Waals surface area contributed by atoms with Crippen LogP contribution in [0.25, 0.3) is 32.7 Å². The molecular weight excluding hydrogens is 1710 g/mol. The maximum absolute atomic E-state index is 12.7. The van der Waals surface area contributed by atoms with Crippen LogP contribution in [0.15, 0.2) is 114 Å². The molecule has 0 radical (unpaired) electrons. The van der Waals surface area contributed by atoms with Crippen molar-refractivity contribution in [3.05, 3.63) is 148 Å². The number of benzene rings is 5. The molecule has 0 bridgehead atoms. The molecule has 131 heavy (non-hydrogen) atoms. The Labute approximate surface area is 766 Å². The number of carbonyl (C=O) groups excluding carboxylic acids is 9. The van der Waals surface area contributed by atoms with Crippen molar-refractivity contribution in [3.8, 4) is 40.2 Å². The van der Waals surface area contributed by atoms with Gasteiger partial charge in [0, 0.05) is 142 Å². The van der Waals surface area contributed by atoms with E-state index in [4.69, 9.17) is 79.4 Å². The average molecular weight is 1830 g/mol. The zero-order chi connectivity index (χ0) is 95.8. The van der Waals surface area contributed by atoms with Crippen molar-refractivity contribution < 1.29 is 115 Å². The van der Waals surface area contributed by atoms with E-state index in [1.165, 1.54) is 55.6 Å². The van der Waals surface area contributed by atoms with Crippen molar-refractivity contribution in [1.82, 2.24) is 29.7 Å². The third-order valence-electron chi connectivity index (χ3n) is 21.9. The smallest absolute Gasteiger partial charge is 0.411 e. The summed E-state index contributed by atoms with van der Waals surface area (Å²) in [6, 6.07) is 30.0. The molecule has 0 spiro atoms. The molecule has 3 saturated heterocycles. The second-order valence-corrected chi connectivity index (χ2v) is 36.5. The largest absolute Gasteiger partial charge is 0.497 e. The lowest BCUT2D eigenvalue weighted by molar-refractivity contribution is -0.146. The third kappa shape index (κ3) is 29.0. The summed E-state index contributed by atoms with van der Waals surface area (Å²) in [6.07, 6.45) is 8.02. The van der Waals surface area contributed by atoms with E-state index in [9.17, 15) is 63.0 Å². The van der Waals surface area contributed by atoms with Gasteiger partial charge < -0.3 is 83.1 Å². The number of ketones is 2. The number of halogens is 1. The lowest BCUT2D eigenvalue weighted by atomic mass is 10.1. The van der Waals surface area contributed by atoms with Gasteiger partial charge in [-0.3, -0.25) is 48.6 Å². The van der Waals surface area contributed by atoms with E-state index < -0.39 is 83.3 Å². The van der Waals surface area contributed by atoms with Crippen molar-refractivity contribution >= 4 is 115 Å². The van der Waals surface area contributed by atoms with Crippen LogP contribution in [0.1, 0.15) is 215 Å². The predicted octanol–water partition coefficient (Wildman–Crippen LogP) is 15.8. The van der Waals surface area contributed by atoms with E-state index in [0.717, 1.165) is 113 Å². The van der Waals surface area contributed by atoms with Crippen LogP contribution < -0.4 is 49.6 Å². The minimum atomic E-state index is -1.07. The second-order valence-electron chi connectivity index (χ2n) is 36.2. The minimum Gasteiger partial charge on any atom is -0.497 e. The van der Waals surface area contributed by atoms with Gasteiger partial charge in [-0.05, 0) is 219 Å². The fourth-order valence-corrected chi connectivity index (χ4v) is 14.6. The van der Waals surface area contributed by atoms with Gasteiger partial charge in [-0.15, -0.1) is 0 Å². The molecule has 8 fully saturated rings. The summed E-state index contributed by atoms with van der Waals surface area (Å²) < 4.78 is 64.1. The number of aliphatic hydroxyl groups excluding tert-OH is 1. The Morgan fingerprint density at radius 2 is 0.855 bits per heavy atom. The number of carbonyl (C=O) groups is 10. The van der Waals surface area contributed by atoms with Crippen LogP contribution in [-0.2, 0) is 47.7 Å². The fourth-order valence-electron chi connectivity index (χ4n) is 14.4. The zero-order valence-electron chi connectivity index (χ0n) is 77.5. The quantitative estimate of drug-likeness (QED) is 0.0155. The SMILES string of the molecule is COC(=O)[C@@H]1C[C@@H](Oc2cc(C3CC3)nc3cc(OC)ccc23)CN1C(=O)OC(C)(C)C.COC(=O)[C@@H]1C[C@H](O)CN1C(=O)OC(C)(C)C.COc1ccc(C(C)=O)c(N)c1.COc1ccc(C(C)=O)c(NC(=O)C2CC2)c1.COc1ccc2c(=O)cc(C3CC3)[nH]c2c1.COc1ccc2c(O[C@@H]3C[C@@H](C(=O)O)N(C(=O)OC(C)(C)C)C3)cc(C3CC3)nc2c1.O=C(Cl)C1CC1. The molecule has 6 atom stereocenters. The topological polar surface area (TPSA) is 428 Å². The molecule has 8 aliphatic rings. The first kappa shape index (κ1) is 101. The first-order valence-electron chi connectivity index (χ1n) is 43.6. The fraction of sp³-hybridized carbons (Fsp3) is 0.495. The third-order valence-corrected chi connectivity index (χ3v) is 22.2. The molecule has 16 rings (SSSR count). The van der Waals surface area contributed by atoms with Gasteiger partial charge in [0.1, 0.15) is 87.4 Å². The van der Waals surface area contributed by atoms with Gasteiger partial charge in [0.15, 0.2) is 17.0 Å². The van der Waals surface area contributed by atoms with E-state index in [2.05, 4.69) is 15.0 Å². The van der Waals surface area contributed by atoms with Gasteiger partial charge in [0.05, 0.1) is 97.7 Å². The molecule has 5 aromatic carbocycles. The molecule has 8 aromatic rings. The highest BCUT2D eigenvalue weighted by molar-refractivity contribution is 6.64. The molecule has 3 aliphatic heterocycles. The number of carboxylic acid groups (broad SMARTS) is 1. The number of anilines is 2. The Morgan fingerprint density at radius 3 is 1.24 bits per heavy atom. The number of esters is 2. The van der Waals surface area contributed by atoms with Crippen molar-refractivity contribution in [3.63, 3.8) is 0 Å². The van der Waals surface area contributed by atoms with Crippen LogP contribution in [0.5, 0.6) is 40.2 Å². The normalized spacial score (nSPS) is 18.9. The number of nitrogens with two attached hydrogens (primary N) is 1. The number of fused-ring (bicyclic) bond motifs is 3. The number of hydrogen-bond acceptors (Lipinski definition) is 27. The molecule has 0 unspecified atom stereocenters. The molecule has 4 amide bonds. The predicted molar refractivity (Wildman–Crippen MR) is 490 cm³/mol. The molecule has 3 aromatic heterocycles. The van der Waals surface area contributed by atoms with Crippen molar-refractivity contribution in [2.45, 2.75) is 231 Å². The summed E-state index contributed by atoms with van der Waals surface area (Å²) >= 11 is 5.04. The van der Waals surface area contributed by atoms with E-state index >= 15 is 0 Å². The van der Waals surface area contributed by atoms with E-state index in [1.54, 1.807) is 140 Å². The van der Waals surface area contributed by atoms with E-state index in [1.807, 2.05) is 66.7 Å². The van der Waals surface area contributed by atoms with Crippen molar-refractivity contribution in [1.29, 1.82) is 0 Å². The summed E-state index contributed by atoms with van der Waals surface area (Å²) in [5, 5.41) is 24.2. The Bertz CT molecular complexity index is 5550. The number of aromatic nitrogens is 3. The Kier molecular flexibility index (Phi) is 33.7. The van der Waals surface area contributed by atoms with Crippen LogP contribution in [0.4, 0.5) is 25.8 Å². The minimum absolute atomic E-state index is 0.0132. The molecule has 5 saturated carbocycles. The number of H-pyrrole nitrogens is 1. The first-order valence-corrected chi connectivity index (χ1v) is 44.0. The van der Waals surface area contributed by atoms with Crippen LogP contribution >= 0.6 is 11.6 Å². The first-order chi connectivity index (χ1) is 61.9. The number of nitrogens with one attached hydrogen (secondary N) is 2. The summed E-state index contributed by atoms with van der Waals surface area (Å²) in [7, 11) is 10.5. The van der Waals surface area contributed by atoms with E-state index in [-0.39, 0.29) is 78.6 Å². The number of aliphatic hydroxyl groups is 1. The highest BCUT2D eigenvalue weighted by Gasteiger charge is 2.47. The number of amides is 4. The summed E-state index contributed by atoms with van der Waals surface area (Å²) in [5.41, 5.74) is 11.2. The molecule has 5 aliphatic carbocycles. The highest BCUT2D eigenvalue weighted by Crippen LogP contribution is 2.46. The number of aromatic amines is 1. The highest BCUT2D eigenvalue weighted by atomic mass is 35.5. The summed E-state index contributed by atoms with van der Waals surface area (Å²) in [4.78, 5) is 145. The number of nitrogen functional groups attached to an aromatic ring is 1. The van der Waals surface area contributed by atoms with Gasteiger partial charge in [-0.2, -0.15) is 0 Å². The number of nitrogens with zero attached hydrogens (tertiary/aromatic N) is 5. The second kappa shape index (κ2) is 43.9. The molecule has 706 valence electrons. The number of carboxylic acids is 1. The van der Waals surface area contributed by atoms with Crippen LogP contribution in [-0.4, -0.2) is 221 Å². The number of methoxy groups -OCH3 is 7. The van der Waals surface area contributed by atoms with Crippen molar-refractivity contribution in [2.24, 2.45) is 11.8 Å². The number of hydrogen-bond donors (Lipinski definition) is 5. The summed E-state index contributed by atoms with van der Waals surface area (Å²) in [6.45, 7) is 19.3. The number of aliphatic carboxylic acids is 1. The van der Waals surface area contributed by atoms with Gasteiger partial charge in [-0.1, -0.05) is 0 Å². The van der Waals surface area contributed by atoms with Gasteiger partial charge in [0.2, 0.25) is 11.1 Å². The monoisotopic (exact) mass is 1830 g/mol. The van der Waals surface area contributed by atoms with Crippen molar-refractivity contribution in [2.75, 3.05) is 80.5 Å². The molecule has 6 N–H and O–H groups in total. The van der Waals surface area contributed by atoms with Gasteiger partial charge >= 0.3 is 36.2 Å². The Morgan fingerprint density at radius 1 is 0.466 bits per heavy atom. The maximum atomic E-state index is 12.7. The number of ether oxygens (including phenoxy) is 12. The Hall–Kier alpha value is -12.5. The summed E-state index contributed by atoms with van der Waals surface area (Å²) in [5.74, 6) is 4.41. The molecule has 34 heteroatoms. The van der Waals surface area contributed by atoms with Crippen LogP contribution in [0, 0.1) is 11.8 Å². The standard InChI is InChI=1S/C24H30N2O6.C23H28N2O6.C13H15NO3.C13H13NO2.C11H19NO5.C9H11NO2.C4H5ClO/c1-24(2,3)32-23(28)26-13-16(11-20(26)22(27)30-5)31-21-12-18(14-6-7-14)25-19-10-15(29-4)8-9-17(19)21;1-23(2,3)31-22(28)25-12-15(10-19(25)21(26)27)30-20-11-17(13-5-6-13)24-18-9-14(29-4)7-8-16(18)20;1-8(15)11-6-5-10(17-2)7-12(11)14-13(16)9-3-4-9;1-16-9-4-5-10-12(6-9)14-11(7-13(10)15)8-2-3-8;1-11(2,3)17-10(15)12-6-7(13)5-8(12)9(14)16-4;1-6(11)8-4-3-7(12-2)5-9(8)10;5-4(6)3-1-2-3/h8-10,12,14,16,20H,6-7,11,13H2,1-5H3;7-9,11,13,15,19H,5-6,10,12H2,1-4H3,(H,26,27);5-7,9H,3-4H2,1-2H3,(H,14,16);4-8H,2-3H2,1H3,(H,14,15);7-8,13H,5-6H2,1-4H3;3-5H,10H2,1-2H3;3H,1-2H2/t16-,20+;15-,19+;;;7-,8-;;/m11..0../s1. The molecular formula is C97H121ClN8O25. The van der Waals surface area contributed by atoms with Gasteiger partial charge in [-0.25, -0.2) is 28.8 Å². The van der Waals surface area contributed by atoms with Crippen LogP contribution in [0.2, 0.25) is 0 Å². The molecule has 6 heterocycles. The number of Topliss-reactive ketones (excluding diaryl/α,β-unsaturated/α-hetero) is 2. The molecule has 33 nitrogen and oxygen atoms in total.